The van der Waals surface area contributed by atoms with Crippen LogP contribution in [0.4, 0.5) is 5.82 Å². The molecule has 3 heterocycles. The molecular formula is C16H21N5O3. The van der Waals surface area contributed by atoms with Crippen LogP contribution in [0.5, 0.6) is 0 Å². The number of ether oxygens (including phenoxy) is 1. The molecule has 1 aliphatic heterocycles. The molecule has 8 nitrogen and oxygen atoms in total. The molecule has 2 aromatic heterocycles. The minimum absolute atomic E-state index is 0.0976. The summed E-state index contributed by atoms with van der Waals surface area (Å²) in [4.78, 5) is 22.9. The van der Waals surface area contributed by atoms with E-state index < -0.39 is 0 Å². The zero-order chi connectivity index (χ0) is 17.1. The van der Waals surface area contributed by atoms with E-state index in [0.717, 1.165) is 30.0 Å². The second-order valence-electron chi connectivity index (χ2n) is 5.97. The summed E-state index contributed by atoms with van der Waals surface area (Å²) < 4.78 is 10.3. The number of aromatic nitrogens is 3. The van der Waals surface area contributed by atoms with Gasteiger partial charge in [-0.25, -0.2) is 9.97 Å². The average Bonchev–Trinajstić information content (AvgIpc) is 3.18. The third-order valence-corrected chi connectivity index (χ3v) is 4.25. The molecule has 0 radical (unpaired) electrons. The van der Waals surface area contributed by atoms with Crippen LogP contribution in [0.3, 0.4) is 0 Å². The average molecular weight is 331 g/mol. The second-order valence-corrected chi connectivity index (χ2v) is 5.97. The van der Waals surface area contributed by atoms with Gasteiger partial charge < -0.3 is 19.5 Å². The number of amides is 1. The van der Waals surface area contributed by atoms with Crippen molar-refractivity contribution in [2.75, 3.05) is 25.1 Å². The molecule has 0 bridgehead atoms. The molecule has 1 N–H and O–H groups in total. The lowest BCUT2D eigenvalue weighted by atomic mass is 10.2. The van der Waals surface area contributed by atoms with Gasteiger partial charge in [0.2, 0.25) is 0 Å². The van der Waals surface area contributed by atoms with Gasteiger partial charge in [-0.1, -0.05) is 5.16 Å². The number of carbonyl (C=O) groups excluding carboxylic acids is 1. The number of aryl methyl sites for hydroxylation is 2. The second kappa shape index (κ2) is 6.96. The normalized spacial score (nSPS) is 20.4. The number of hydrogen-bond acceptors (Lipinski definition) is 7. The number of nitrogens with one attached hydrogen (secondary N) is 1. The van der Waals surface area contributed by atoms with Gasteiger partial charge in [-0.2, -0.15) is 0 Å². The van der Waals surface area contributed by atoms with Crippen LogP contribution in [0, 0.1) is 13.8 Å². The molecule has 1 amide bonds. The van der Waals surface area contributed by atoms with Gasteiger partial charge in [0.15, 0.2) is 5.69 Å². The molecule has 8 heteroatoms. The molecule has 1 aliphatic rings. The SMILES string of the molecule is CO[C@H]1C[C@@H](CNC(=O)c2nocc2C)N(c2cc(C)ncn2)C1. The molecule has 0 unspecified atom stereocenters. The summed E-state index contributed by atoms with van der Waals surface area (Å²) >= 11 is 0. The highest BCUT2D eigenvalue weighted by atomic mass is 16.5. The zero-order valence-electron chi connectivity index (χ0n) is 14.0. The predicted molar refractivity (Wildman–Crippen MR) is 86.9 cm³/mol. The minimum Gasteiger partial charge on any atom is -0.380 e. The monoisotopic (exact) mass is 331 g/mol. The molecule has 0 aromatic carbocycles. The van der Waals surface area contributed by atoms with Crippen LogP contribution in [0.1, 0.15) is 28.2 Å². The van der Waals surface area contributed by atoms with Crippen LogP contribution >= 0.6 is 0 Å². The molecule has 0 spiro atoms. The van der Waals surface area contributed by atoms with Crippen LogP contribution in [-0.4, -0.2) is 53.4 Å². The van der Waals surface area contributed by atoms with E-state index in [9.17, 15) is 4.79 Å². The van der Waals surface area contributed by atoms with Crippen molar-refractivity contribution < 1.29 is 14.1 Å². The number of nitrogens with zero attached hydrogens (tertiary/aromatic N) is 4. The molecule has 0 saturated carbocycles. The molecule has 2 aromatic rings. The Morgan fingerprint density at radius 3 is 2.96 bits per heavy atom. The molecule has 24 heavy (non-hydrogen) atoms. The summed E-state index contributed by atoms with van der Waals surface area (Å²) in [6.07, 6.45) is 3.94. The predicted octanol–water partition coefficient (Wildman–Crippen LogP) is 1.11. The Morgan fingerprint density at radius 1 is 1.46 bits per heavy atom. The summed E-state index contributed by atoms with van der Waals surface area (Å²) in [5, 5.41) is 6.66. The van der Waals surface area contributed by atoms with Gasteiger partial charge in [0, 0.05) is 37.5 Å². The lowest BCUT2D eigenvalue weighted by Crippen LogP contribution is -2.40. The number of carbonyl (C=O) groups is 1. The van der Waals surface area contributed by atoms with Crippen molar-refractivity contribution in [1.29, 1.82) is 0 Å². The summed E-state index contributed by atoms with van der Waals surface area (Å²) in [5.74, 6) is 0.611. The quantitative estimate of drug-likeness (QED) is 0.877. The highest BCUT2D eigenvalue weighted by Gasteiger charge is 2.33. The van der Waals surface area contributed by atoms with Gasteiger partial charge in [-0.3, -0.25) is 4.79 Å². The highest BCUT2D eigenvalue weighted by molar-refractivity contribution is 5.93. The maximum Gasteiger partial charge on any atom is 0.273 e. The summed E-state index contributed by atoms with van der Waals surface area (Å²) in [7, 11) is 1.70. The van der Waals surface area contributed by atoms with Crippen LogP contribution in [0.2, 0.25) is 0 Å². The fourth-order valence-electron chi connectivity index (χ4n) is 2.92. The molecule has 128 valence electrons. The third kappa shape index (κ3) is 3.38. The number of hydrogen-bond donors (Lipinski definition) is 1. The van der Waals surface area contributed by atoms with E-state index in [1.807, 2.05) is 13.0 Å². The van der Waals surface area contributed by atoms with Crippen LogP contribution in [0.25, 0.3) is 0 Å². The summed E-state index contributed by atoms with van der Waals surface area (Å²) in [6.45, 7) is 4.93. The topological polar surface area (TPSA) is 93.4 Å². The third-order valence-electron chi connectivity index (χ3n) is 4.25. The Labute approximate surface area is 140 Å². The Kier molecular flexibility index (Phi) is 4.75. The van der Waals surface area contributed by atoms with Crippen LogP contribution < -0.4 is 10.2 Å². The van der Waals surface area contributed by atoms with Crippen LogP contribution in [-0.2, 0) is 4.74 Å². The van der Waals surface area contributed by atoms with E-state index in [4.69, 9.17) is 9.26 Å². The minimum atomic E-state index is -0.235. The zero-order valence-corrected chi connectivity index (χ0v) is 14.0. The Bertz CT molecular complexity index is 717. The van der Waals surface area contributed by atoms with Gasteiger partial charge in [-0.05, 0) is 20.3 Å². The van der Waals surface area contributed by atoms with Crippen molar-refractivity contribution in [3.8, 4) is 0 Å². The van der Waals surface area contributed by atoms with E-state index in [1.54, 1.807) is 20.4 Å². The molecule has 1 saturated heterocycles. The number of rotatable bonds is 5. The standard InChI is InChI=1S/C16H21N5O3/c1-10-8-24-20-15(10)16(22)17-6-12-5-13(23-3)7-21(12)14-4-11(2)18-9-19-14/h4,8-9,12-13H,5-7H2,1-3H3,(H,17,22)/t12-,13-/m0/s1. The summed E-state index contributed by atoms with van der Waals surface area (Å²) in [6, 6.07) is 2.04. The van der Waals surface area contributed by atoms with Crippen molar-refractivity contribution in [3.63, 3.8) is 0 Å². The van der Waals surface area contributed by atoms with Crippen molar-refractivity contribution in [2.45, 2.75) is 32.4 Å². The van der Waals surface area contributed by atoms with E-state index in [1.165, 1.54) is 6.26 Å². The van der Waals surface area contributed by atoms with Crippen molar-refractivity contribution in [2.24, 2.45) is 0 Å². The lowest BCUT2D eigenvalue weighted by molar-refractivity contribution is 0.0937. The van der Waals surface area contributed by atoms with E-state index in [2.05, 4.69) is 25.3 Å². The Hall–Kier alpha value is -2.48. The smallest absolute Gasteiger partial charge is 0.273 e. The lowest BCUT2D eigenvalue weighted by Gasteiger charge is -2.25. The van der Waals surface area contributed by atoms with Crippen LogP contribution in [0.15, 0.2) is 23.2 Å². The van der Waals surface area contributed by atoms with E-state index >= 15 is 0 Å². The van der Waals surface area contributed by atoms with Gasteiger partial charge in [0.25, 0.3) is 5.91 Å². The molecular weight excluding hydrogens is 310 g/mol. The molecule has 3 rings (SSSR count). The van der Waals surface area contributed by atoms with Crippen molar-refractivity contribution >= 4 is 11.7 Å². The van der Waals surface area contributed by atoms with Gasteiger partial charge in [-0.15, -0.1) is 0 Å². The molecule has 1 fully saturated rings. The number of methoxy groups -OCH3 is 1. The van der Waals surface area contributed by atoms with Gasteiger partial charge in [0.05, 0.1) is 12.1 Å². The molecule has 2 atom stereocenters. The highest BCUT2D eigenvalue weighted by Crippen LogP contribution is 2.25. The molecule has 0 aliphatic carbocycles. The Morgan fingerprint density at radius 2 is 2.29 bits per heavy atom. The first-order valence-electron chi connectivity index (χ1n) is 7.85. The fourth-order valence-corrected chi connectivity index (χ4v) is 2.92. The van der Waals surface area contributed by atoms with E-state index in [0.29, 0.717) is 12.2 Å². The summed E-state index contributed by atoms with van der Waals surface area (Å²) in [5.41, 5.74) is 1.94. The van der Waals surface area contributed by atoms with Gasteiger partial charge in [0.1, 0.15) is 18.4 Å². The first kappa shape index (κ1) is 16.4. The number of anilines is 1. The first-order valence-corrected chi connectivity index (χ1v) is 7.85. The van der Waals surface area contributed by atoms with Crippen molar-refractivity contribution in [3.05, 3.63) is 35.6 Å². The first-order chi connectivity index (χ1) is 11.6. The van der Waals surface area contributed by atoms with Crippen molar-refractivity contribution in [1.82, 2.24) is 20.4 Å². The van der Waals surface area contributed by atoms with E-state index in [-0.39, 0.29) is 18.1 Å². The fraction of sp³-hybridized carbons (Fsp3) is 0.500. The van der Waals surface area contributed by atoms with Gasteiger partial charge >= 0.3 is 0 Å². The maximum absolute atomic E-state index is 12.2. The largest absolute Gasteiger partial charge is 0.380 e. The Balaban J connectivity index is 1.70. The maximum atomic E-state index is 12.2.